The van der Waals surface area contributed by atoms with Crippen LogP contribution < -0.4 is 0 Å². The van der Waals surface area contributed by atoms with Crippen LogP contribution in [-0.4, -0.2) is 20.4 Å². The van der Waals surface area contributed by atoms with Crippen molar-refractivity contribution in [2.75, 3.05) is 0 Å². The molecule has 1 heterocycles. The molecule has 0 aliphatic rings. The van der Waals surface area contributed by atoms with Crippen molar-refractivity contribution in [3.05, 3.63) is 36.2 Å². The first kappa shape index (κ1) is 9.02. The van der Waals surface area contributed by atoms with Gasteiger partial charge < -0.3 is 0 Å². The molecule has 0 atom stereocenters. The summed E-state index contributed by atoms with van der Waals surface area (Å²) in [5.74, 6) is 1.18. The van der Waals surface area contributed by atoms with Gasteiger partial charge in [-0.1, -0.05) is 30.3 Å². The van der Waals surface area contributed by atoms with Gasteiger partial charge in [-0.3, -0.25) is 0 Å². The van der Waals surface area contributed by atoms with Gasteiger partial charge in [-0.15, -0.1) is 32.0 Å². The number of rotatable bonds is 2. The topological polar surface area (TPSA) is 51.6 Å². The average molecular weight is 207 g/mol. The van der Waals surface area contributed by atoms with E-state index in [4.69, 9.17) is 11.6 Å². The molecule has 0 fully saturated rings. The normalized spacial score (nSPS) is 10.1. The molecule has 0 bridgehead atoms. The second-order valence-electron chi connectivity index (χ2n) is 2.64. The predicted molar refractivity (Wildman–Crippen MR) is 52.6 cm³/mol. The van der Waals surface area contributed by atoms with Crippen molar-refractivity contribution >= 4 is 11.6 Å². The Bertz CT molecular complexity index is 401. The maximum absolute atomic E-state index is 5.52. The van der Waals surface area contributed by atoms with Crippen molar-refractivity contribution in [1.29, 1.82) is 0 Å². The van der Waals surface area contributed by atoms with Crippen molar-refractivity contribution in [2.24, 2.45) is 0 Å². The molecule has 70 valence electrons. The molecule has 0 spiro atoms. The Labute approximate surface area is 86.0 Å². The summed E-state index contributed by atoms with van der Waals surface area (Å²) in [5, 5.41) is 15.5. The second kappa shape index (κ2) is 4.11. The Hall–Kier alpha value is -1.55. The van der Waals surface area contributed by atoms with Gasteiger partial charge in [-0.2, -0.15) is 0 Å². The molecule has 0 unspecified atom stereocenters. The lowest BCUT2D eigenvalue weighted by Gasteiger charge is -1.96. The van der Waals surface area contributed by atoms with E-state index in [1.54, 1.807) is 0 Å². The Morgan fingerprint density at radius 1 is 0.929 bits per heavy atom. The molecule has 2 rings (SSSR count). The SMILES string of the molecule is ClCc1nnc(-c2ccccc2)nn1. The molecule has 14 heavy (non-hydrogen) atoms. The minimum Gasteiger partial charge on any atom is -0.130 e. The van der Waals surface area contributed by atoms with Gasteiger partial charge in [0.1, 0.15) is 0 Å². The van der Waals surface area contributed by atoms with Crippen LogP contribution in [0.15, 0.2) is 30.3 Å². The van der Waals surface area contributed by atoms with Crippen LogP contribution in [0.1, 0.15) is 5.82 Å². The van der Waals surface area contributed by atoms with Crippen molar-refractivity contribution in [3.8, 4) is 11.4 Å². The van der Waals surface area contributed by atoms with Crippen LogP contribution in [0, 0.1) is 0 Å². The van der Waals surface area contributed by atoms with Gasteiger partial charge in [-0.05, 0) is 0 Å². The average Bonchev–Trinajstić information content (AvgIpc) is 2.30. The zero-order chi connectivity index (χ0) is 9.80. The smallest absolute Gasteiger partial charge is 0.130 e. The number of benzene rings is 1. The number of aromatic nitrogens is 4. The molecule has 0 saturated heterocycles. The molecule has 0 amide bonds. The Kier molecular flexibility index (Phi) is 2.65. The fraction of sp³-hybridized carbons (Fsp3) is 0.111. The van der Waals surface area contributed by atoms with Crippen molar-refractivity contribution in [3.63, 3.8) is 0 Å². The molecular formula is C9H7ClN4. The highest BCUT2D eigenvalue weighted by Gasteiger charge is 2.01. The first-order chi connectivity index (χ1) is 6.90. The van der Waals surface area contributed by atoms with Crippen LogP contribution in [0.3, 0.4) is 0 Å². The number of halogens is 1. The van der Waals surface area contributed by atoms with E-state index >= 15 is 0 Å². The summed E-state index contributed by atoms with van der Waals surface area (Å²) >= 11 is 5.52. The molecular weight excluding hydrogens is 200 g/mol. The molecule has 0 aliphatic heterocycles. The molecule has 0 saturated carbocycles. The van der Waals surface area contributed by atoms with Gasteiger partial charge in [0.05, 0.1) is 5.88 Å². The Balaban J connectivity index is 2.34. The standard InChI is InChI=1S/C9H7ClN4/c10-6-8-11-13-9(14-12-8)7-4-2-1-3-5-7/h1-5H,6H2. The number of hydrogen-bond acceptors (Lipinski definition) is 4. The third kappa shape index (κ3) is 1.85. The molecule has 0 aliphatic carbocycles. The molecule has 1 aromatic heterocycles. The van der Waals surface area contributed by atoms with Gasteiger partial charge in [-0.25, -0.2) is 0 Å². The lowest BCUT2D eigenvalue weighted by molar-refractivity contribution is 0.807. The van der Waals surface area contributed by atoms with Crippen molar-refractivity contribution in [2.45, 2.75) is 5.88 Å². The largest absolute Gasteiger partial charge is 0.203 e. The number of alkyl halides is 1. The monoisotopic (exact) mass is 206 g/mol. The summed E-state index contributed by atoms with van der Waals surface area (Å²) in [7, 11) is 0. The molecule has 0 N–H and O–H groups in total. The van der Waals surface area contributed by atoms with Crippen LogP contribution in [0.2, 0.25) is 0 Å². The first-order valence-electron chi connectivity index (χ1n) is 4.08. The minimum atomic E-state index is 0.231. The summed E-state index contributed by atoms with van der Waals surface area (Å²) in [4.78, 5) is 0. The molecule has 0 radical (unpaired) electrons. The van der Waals surface area contributed by atoms with E-state index in [0.717, 1.165) is 5.56 Å². The number of nitrogens with zero attached hydrogens (tertiary/aromatic N) is 4. The lowest BCUT2D eigenvalue weighted by Crippen LogP contribution is -2.00. The fourth-order valence-corrected chi connectivity index (χ4v) is 1.11. The Morgan fingerprint density at radius 3 is 2.14 bits per heavy atom. The Morgan fingerprint density at radius 2 is 1.57 bits per heavy atom. The zero-order valence-corrected chi connectivity index (χ0v) is 8.02. The van der Waals surface area contributed by atoms with Crippen LogP contribution in [0.25, 0.3) is 11.4 Å². The third-order valence-corrected chi connectivity index (χ3v) is 1.91. The zero-order valence-electron chi connectivity index (χ0n) is 7.26. The van der Waals surface area contributed by atoms with Gasteiger partial charge in [0.15, 0.2) is 5.82 Å². The second-order valence-corrected chi connectivity index (χ2v) is 2.91. The molecule has 1 aromatic carbocycles. The summed E-state index contributed by atoms with van der Waals surface area (Å²) < 4.78 is 0. The van der Waals surface area contributed by atoms with E-state index in [1.165, 1.54) is 0 Å². The first-order valence-corrected chi connectivity index (χ1v) is 4.61. The van der Waals surface area contributed by atoms with E-state index < -0.39 is 0 Å². The predicted octanol–water partition coefficient (Wildman–Crippen LogP) is 1.67. The van der Waals surface area contributed by atoms with Crippen LogP contribution in [0.5, 0.6) is 0 Å². The molecule has 5 heteroatoms. The van der Waals surface area contributed by atoms with E-state index in [9.17, 15) is 0 Å². The van der Waals surface area contributed by atoms with Crippen LogP contribution in [-0.2, 0) is 5.88 Å². The van der Waals surface area contributed by atoms with Gasteiger partial charge in [0.2, 0.25) is 5.82 Å². The van der Waals surface area contributed by atoms with E-state index in [-0.39, 0.29) is 5.88 Å². The number of hydrogen-bond donors (Lipinski definition) is 0. The van der Waals surface area contributed by atoms with Gasteiger partial charge >= 0.3 is 0 Å². The van der Waals surface area contributed by atoms with Crippen molar-refractivity contribution in [1.82, 2.24) is 20.4 Å². The fourth-order valence-electron chi connectivity index (χ4n) is 1.01. The highest BCUT2D eigenvalue weighted by molar-refractivity contribution is 6.16. The van der Waals surface area contributed by atoms with Crippen molar-refractivity contribution < 1.29 is 0 Å². The minimum absolute atomic E-state index is 0.231. The van der Waals surface area contributed by atoms with E-state index in [0.29, 0.717) is 11.6 Å². The maximum Gasteiger partial charge on any atom is 0.203 e. The highest BCUT2D eigenvalue weighted by Crippen LogP contribution is 2.11. The van der Waals surface area contributed by atoms with Gasteiger partial charge in [0.25, 0.3) is 0 Å². The highest BCUT2D eigenvalue weighted by atomic mass is 35.5. The maximum atomic E-state index is 5.52. The summed E-state index contributed by atoms with van der Waals surface area (Å²) in [6, 6.07) is 9.55. The lowest BCUT2D eigenvalue weighted by atomic mass is 10.2. The van der Waals surface area contributed by atoms with E-state index in [1.807, 2.05) is 30.3 Å². The summed E-state index contributed by atoms with van der Waals surface area (Å²) in [5.41, 5.74) is 0.897. The van der Waals surface area contributed by atoms with Gasteiger partial charge in [0, 0.05) is 5.56 Å². The molecule has 4 nitrogen and oxygen atoms in total. The third-order valence-electron chi connectivity index (χ3n) is 1.67. The summed E-state index contributed by atoms with van der Waals surface area (Å²) in [6.07, 6.45) is 0. The van der Waals surface area contributed by atoms with E-state index in [2.05, 4.69) is 20.4 Å². The van der Waals surface area contributed by atoms with Crippen LogP contribution in [0.4, 0.5) is 0 Å². The van der Waals surface area contributed by atoms with Crippen LogP contribution >= 0.6 is 11.6 Å². The molecule has 2 aromatic rings. The quantitative estimate of drug-likeness (QED) is 0.702. The summed E-state index contributed by atoms with van der Waals surface area (Å²) in [6.45, 7) is 0.